The molecular weight excluding hydrogens is 324 g/mol. The average Bonchev–Trinajstić information content (AvgIpc) is 2.64. The van der Waals surface area contributed by atoms with Gasteiger partial charge in [0.1, 0.15) is 0 Å². The van der Waals surface area contributed by atoms with E-state index in [-0.39, 0.29) is 35.9 Å². The SMILES string of the molecule is CN(C(=O)CCCOc1cccc(C=O)c1[N+](=O)[O-])c1ccccc1. The maximum absolute atomic E-state index is 12.1. The Kier molecular flexibility index (Phi) is 6.22. The molecule has 0 bridgehead atoms. The van der Waals surface area contributed by atoms with Gasteiger partial charge in [0.25, 0.3) is 0 Å². The molecule has 0 aliphatic carbocycles. The standard InChI is InChI=1S/C18H18N2O5/c1-19(15-8-3-2-4-9-15)17(22)11-6-12-25-16-10-5-7-14(13-21)18(16)20(23)24/h2-5,7-10,13H,6,11-12H2,1H3. The van der Waals surface area contributed by atoms with Gasteiger partial charge in [-0.3, -0.25) is 19.7 Å². The van der Waals surface area contributed by atoms with Crippen molar-refractivity contribution in [2.45, 2.75) is 12.8 Å². The number of hydrogen-bond donors (Lipinski definition) is 0. The third-order valence-electron chi connectivity index (χ3n) is 3.65. The summed E-state index contributed by atoms with van der Waals surface area (Å²) in [6.07, 6.45) is 1.06. The summed E-state index contributed by atoms with van der Waals surface area (Å²) in [5.41, 5.74) is 0.398. The van der Waals surface area contributed by atoms with Gasteiger partial charge in [-0.05, 0) is 30.7 Å². The summed E-state index contributed by atoms with van der Waals surface area (Å²) < 4.78 is 5.41. The van der Waals surface area contributed by atoms with E-state index < -0.39 is 4.92 Å². The Balaban J connectivity index is 1.90. The molecule has 0 atom stereocenters. The van der Waals surface area contributed by atoms with Gasteiger partial charge in [-0.2, -0.15) is 0 Å². The normalized spacial score (nSPS) is 10.1. The van der Waals surface area contributed by atoms with E-state index in [2.05, 4.69) is 0 Å². The molecule has 2 rings (SSSR count). The van der Waals surface area contributed by atoms with E-state index in [1.807, 2.05) is 30.3 Å². The van der Waals surface area contributed by atoms with Gasteiger partial charge < -0.3 is 9.64 Å². The number of nitro groups is 1. The van der Waals surface area contributed by atoms with E-state index in [4.69, 9.17) is 4.74 Å². The number of nitro benzene ring substituents is 1. The third-order valence-corrected chi connectivity index (χ3v) is 3.65. The lowest BCUT2D eigenvalue weighted by Crippen LogP contribution is -2.26. The van der Waals surface area contributed by atoms with Gasteiger partial charge in [0.05, 0.1) is 17.1 Å². The average molecular weight is 342 g/mol. The van der Waals surface area contributed by atoms with Crippen molar-refractivity contribution in [2.75, 3.05) is 18.6 Å². The van der Waals surface area contributed by atoms with Crippen molar-refractivity contribution in [3.8, 4) is 5.75 Å². The number of hydrogen-bond acceptors (Lipinski definition) is 5. The highest BCUT2D eigenvalue weighted by Crippen LogP contribution is 2.29. The third kappa shape index (κ3) is 4.63. The van der Waals surface area contributed by atoms with E-state index in [1.54, 1.807) is 11.9 Å². The maximum atomic E-state index is 12.1. The summed E-state index contributed by atoms with van der Waals surface area (Å²) in [5, 5.41) is 11.1. The van der Waals surface area contributed by atoms with Crippen LogP contribution in [0.3, 0.4) is 0 Å². The molecule has 0 unspecified atom stereocenters. The molecule has 0 heterocycles. The number of amides is 1. The predicted molar refractivity (Wildman–Crippen MR) is 93.1 cm³/mol. The lowest BCUT2D eigenvalue weighted by atomic mass is 10.2. The topological polar surface area (TPSA) is 89.8 Å². The maximum Gasteiger partial charge on any atom is 0.321 e. The fraction of sp³-hybridized carbons (Fsp3) is 0.222. The summed E-state index contributed by atoms with van der Waals surface area (Å²) in [7, 11) is 1.69. The molecule has 0 fully saturated rings. The van der Waals surface area contributed by atoms with Crippen LogP contribution < -0.4 is 9.64 Å². The van der Waals surface area contributed by atoms with Crippen molar-refractivity contribution in [1.29, 1.82) is 0 Å². The number of carbonyl (C=O) groups is 2. The lowest BCUT2D eigenvalue weighted by Gasteiger charge is -2.17. The Hall–Kier alpha value is -3.22. The summed E-state index contributed by atoms with van der Waals surface area (Å²) in [4.78, 5) is 35.0. The summed E-state index contributed by atoms with van der Waals surface area (Å²) in [5.74, 6) is -0.0515. The Morgan fingerprint density at radius 1 is 1.20 bits per heavy atom. The highest BCUT2D eigenvalue weighted by atomic mass is 16.6. The van der Waals surface area contributed by atoms with E-state index in [1.165, 1.54) is 18.2 Å². The van der Waals surface area contributed by atoms with E-state index in [9.17, 15) is 19.7 Å². The van der Waals surface area contributed by atoms with Gasteiger partial charge in [-0.1, -0.05) is 24.3 Å². The first-order chi connectivity index (χ1) is 12.0. The second kappa shape index (κ2) is 8.58. The lowest BCUT2D eigenvalue weighted by molar-refractivity contribution is -0.386. The molecule has 0 N–H and O–H groups in total. The van der Waals surface area contributed by atoms with Gasteiger partial charge in [-0.25, -0.2) is 0 Å². The zero-order valence-corrected chi connectivity index (χ0v) is 13.8. The van der Waals surface area contributed by atoms with Crippen LogP contribution in [0.25, 0.3) is 0 Å². The smallest absolute Gasteiger partial charge is 0.321 e. The molecule has 0 saturated carbocycles. The predicted octanol–water partition coefficient (Wildman–Crippen LogP) is 3.23. The van der Waals surface area contributed by atoms with Crippen LogP contribution in [0.5, 0.6) is 5.75 Å². The molecule has 2 aromatic carbocycles. The summed E-state index contributed by atoms with van der Waals surface area (Å²) in [6, 6.07) is 13.5. The molecule has 0 aliphatic heterocycles. The van der Waals surface area contributed by atoms with Crippen molar-refractivity contribution >= 4 is 23.6 Å². The van der Waals surface area contributed by atoms with Gasteiger partial charge in [0.15, 0.2) is 12.0 Å². The van der Waals surface area contributed by atoms with Crippen LogP contribution >= 0.6 is 0 Å². The quantitative estimate of drug-likeness (QED) is 0.318. The van der Waals surface area contributed by atoms with Crippen molar-refractivity contribution in [1.82, 2.24) is 0 Å². The Labute approximate surface area is 145 Å². The molecule has 130 valence electrons. The fourth-order valence-corrected chi connectivity index (χ4v) is 2.32. The number of para-hydroxylation sites is 2. The second-order valence-electron chi connectivity index (χ2n) is 5.31. The molecule has 0 radical (unpaired) electrons. The van der Waals surface area contributed by atoms with Crippen molar-refractivity contribution in [3.63, 3.8) is 0 Å². The highest BCUT2D eigenvalue weighted by molar-refractivity contribution is 5.92. The molecule has 0 aliphatic rings. The minimum absolute atomic E-state index is 0.0264. The number of rotatable bonds is 8. The number of nitrogens with zero attached hydrogens (tertiary/aromatic N) is 2. The molecule has 2 aromatic rings. The largest absolute Gasteiger partial charge is 0.487 e. The van der Waals surface area contributed by atoms with Crippen molar-refractivity contribution in [2.24, 2.45) is 0 Å². The van der Waals surface area contributed by atoms with Gasteiger partial charge in [-0.15, -0.1) is 0 Å². The zero-order valence-electron chi connectivity index (χ0n) is 13.8. The van der Waals surface area contributed by atoms with E-state index in [0.717, 1.165) is 5.69 Å². The van der Waals surface area contributed by atoms with Gasteiger partial charge in [0, 0.05) is 19.2 Å². The first kappa shape index (κ1) is 18.1. The Morgan fingerprint density at radius 3 is 2.56 bits per heavy atom. The van der Waals surface area contributed by atoms with Crippen LogP contribution in [0.2, 0.25) is 0 Å². The highest BCUT2D eigenvalue weighted by Gasteiger charge is 2.20. The zero-order chi connectivity index (χ0) is 18.2. The number of benzene rings is 2. The van der Waals surface area contributed by atoms with Crippen LogP contribution in [0.1, 0.15) is 23.2 Å². The van der Waals surface area contributed by atoms with Crippen LogP contribution in [-0.4, -0.2) is 30.8 Å². The first-order valence-electron chi connectivity index (χ1n) is 7.71. The molecule has 0 spiro atoms. The first-order valence-corrected chi connectivity index (χ1v) is 7.71. The Bertz CT molecular complexity index is 761. The number of carbonyl (C=O) groups excluding carboxylic acids is 2. The van der Waals surface area contributed by atoms with Gasteiger partial charge in [0.2, 0.25) is 5.91 Å². The molecule has 25 heavy (non-hydrogen) atoms. The molecule has 1 amide bonds. The van der Waals surface area contributed by atoms with Crippen LogP contribution in [0.4, 0.5) is 11.4 Å². The molecule has 0 aromatic heterocycles. The minimum atomic E-state index is -0.645. The Morgan fingerprint density at radius 2 is 1.92 bits per heavy atom. The summed E-state index contributed by atoms with van der Waals surface area (Å²) in [6.45, 7) is 0.136. The fourth-order valence-electron chi connectivity index (χ4n) is 2.32. The minimum Gasteiger partial charge on any atom is -0.487 e. The molecule has 7 nitrogen and oxygen atoms in total. The van der Waals surface area contributed by atoms with Gasteiger partial charge >= 0.3 is 5.69 Å². The summed E-state index contributed by atoms with van der Waals surface area (Å²) >= 11 is 0. The number of aldehydes is 1. The van der Waals surface area contributed by atoms with Crippen LogP contribution in [0, 0.1) is 10.1 Å². The monoisotopic (exact) mass is 342 g/mol. The number of ether oxygens (including phenoxy) is 1. The number of anilines is 1. The van der Waals surface area contributed by atoms with E-state index in [0.29, 0.717) is 12.7 Å². The van der Waals surface area contributed by atoms with E-state index >= 15 is 0 Å². The van der Waals surface area contributed by atoms with Crippen molar-refractivity contribution in [3.05, 3.63) is 64.2 Å². The van der Waals surface area contributed by atoms with Crippen molar-refractivity contribution < 1.29 is 19.2 Å². The second-order valence-corrected chi connectivity index (χ2v) is 5.31. The van der Waals surface area contributed by atoms with Crippen LogP contribution in [-0.2, 0) is 4.79 Å². The molecule has 7 heteroatoms. The van der Waals surface area contributed by atoms with Crippen LogP contribution in [0.15, 0.2) is 48.5 Å². The molecule has 0 saturated heterocycles. The molecular formula is C18H18N2O5.